The van der Waals surface area contributed by atoms with Crippen molar-refractivity contribution in [1.29, 1.82) is 0 Å². The first kappa shape index (κ1) is 13.8. The Kier molecular flexibility index (Phi) is 3.75. The summed E-state index contributed by atoms with van der Waals surface area (Å²) in [6, 6.07) is 6.85. The molecule has 1 aromatic carbocycles. The number of aromatic nitrogens is 1. The summed E-state index contributed by atoms with van der Waals surface area (Å²) in [5.41, 5.74) is 1.53. The predicted octanol–water partition coefficient (Wildman–Crippen LogP) is 2.41. The van der Waals surface area contributed by atoms with E-state index in [1.54, 1.807) is 12.3 Å². The number of carbonyl (C=O) groups is 1. The number of carbonyl (C=O) groups excluding carboxylic acids is 1. The summed E-state index contributed by atoms with van der Waals surface area (Å²) in [5, 5.41) is 7.33. The number of nitrogens with zero attached hydrogens (tertiary/aromatic N) is 2. The number of halogens is 1. The van der Waals surface area contributed by atoms with E-state index >= 15 is 0 Å². The first-order valence-corrected chi connectivity index (χ1v) is 7.23. The molecule has 2 heterocycles. The van der Waals surface area contributed by atoms with Gasteiger partial charge in [-0.1, -0.05) is 24.6 Å². The van der Waals surface area contributed by atoms with Crippen LogP contribution in [-0.4, -0.2) is 23.4 Å². The lowest BCUT2D eigenvalue weighted by molar-refractivity contribution is -0.120. The van der Waals surface area contributed by atoms with Gasteiger partial charge >= 0.3 is 0 Å². The van der Waals surface area contributed by atoms with Gasteiger partial charge in [-0.2, -0.15) is 0 Å². The monoisotopic (exact) mass is 302 g/mol. The maximum atomic E-state index is 12.2. The number of rotatable bonds is 3. The first-order valence-electron chi connectivity index (χ1n) is 6.85. The third-order valence-corrected chi connectivity index (χ3v) is 3.67. The number of aliphatic imine (C=N–C) groups is 1. The topological polar surface area (TPSA) is 66.4 Å². The zero-order valence-electron chi connectivity index (χ0n) is 11.6. The number of hydrogen-bond donors (Lipinski definition) is 2. The van der Waals surface area contributed by atoms with Gasteiger partial charge in [0, 0.05) is 28.7 Å². The molecule has 108 valence electrons. The highest BCUT2D eigenvalue weighted by atomic mass is 35.5. The second kappa shape index (κ2) is 5.69. The minimum Gasteiger partial charge on any atom is -0.340 e. The Morgan fingerprint density at radius 1 is 1.38 bits per heavy atom. The number of fused-ring (bicyclic) bond motifs is 1. The summed E-state index contributed by atoms with van der Waals surface area (Å²) >= 11 is 6.18. The molecule has 0 saturated carbocycles. The van der Waals surface area contributed by atoms with Crippen LogP contribution in [0.3, 0.4) is 0 Å². The first-order chi connectivity index (χ1) is 10.2. The fraction of sp³-hybridized carbons (Fsp3) is 0.267. The second-order valence-corrected chi connectivity index (χ2v) is 5.24. The van der Waals surface area contributed by atoms with Crippen molar-refractivity contribution in [2.45, 2.75) is 19.4 Å². The summed E-state index contributed by atoms with van der Waals surface area (Å²) in [6.07, 6.45) is 2.62. The summed E-state index contributed by atoms with van der Waals surface area (Å²) in [7, 11) is 0. The fourth-order valence-electron chi connectivity index (χ4n) is 2.35. The van der Waals surface area contributed by atoms with Gasteiger partial charge in [-0.3, -0.25) is 20.1 Å². The standard InChI is InChI=1S/C15H15ClN4O/c1-2-7-18-15-19-13(14(21)20-15)10-5-6-11(16)9-4-3-8-17-12(9)10/h3-6,8,13H,2,7H2,1H3,(H2,18,19,20,21). The van der Waals surface area contributed by atoms with E-state index in [-0.39, 0.29) is 5.91 Å². The van der Waals surface area contributed by atoms with Crippen molar-refractivity contribution < 1.29 is 4.79 Å². The van der Waals surface area contributed by atoms with Crippen LogP contribution in [0.25, 0.3) is 10.9 Å². The quantitative estimate of drug-likeness (QED) is 0.915. The molecule has 1 aliphatic rings. The van der Waals surface area contributed by atoms with Crippen molar-refractivity contribution in [3.8, 4) is 0 Å². The molecule has 0 spiro atoms. The highest BCUT2D eigenvalue weighted by molar-refractivity contribution is 6.35. The van der Waals surface area contributed by atoms with Crippen LogP contribution < -0.4 is 10.6 Å². The Labute approximate surface area is 127 Å². The summed E-state index contributed by atoms with van der Waals surface area (Å²) < 4.78 is 0. The van der Waals surface area contributed by atoms with Crippen LogP contribution in [0, 0.1) is 0 Å². The molecule has 1 atom stereocenters. The Bertz CT molecular complexity index is 729. The third-order valence-electron chi connectivity index (χ3n) is 3.34. The molecule has 1 amide bonds. The summed E-state index contributed by atoms with van der Waals surface area (Å²) in [5.74, 6) is 0.394. The molecule has 21 heavy (non-hydrogen) atoms. The van der Waals surface area contributed by atoms with Crippen LogP contribution >= 0.6 is 11.6 Å². The molecule has 6 heteroatoms. The second-order valence-electron chi connectivity index (χ2n) is 4.83. The van der Waals surface area contributed by atoms with Crippen molar-refractivity contribution >= 4 is 34.4 Å². The number of guanidine groups is 1. The van der Waals surface area contributed by atoms with Gasteiger partial charge in [-0.25, -0.2) is 0 Å². The maximum absolute atomic E-state index is 12.2. The summed E-state index contributed by atoms with van der Waals surface area (Å²) in [6.45, 7) is 2.71. The normalized spacial score (nSPS) is 19.8. The van der Waals surface area contributed by atoms with Crippen molar-refractivity contribution in [2.75, 3.05) is 6.54 Å². The molecular formula is C15H15ClN4O. The van der Waals surface area contributed by atoms with Gasteiger partial charge in [0.25, 0.3) is 5.91 Å². The maximum Gasteiger partial charge on any atom is 0.253 e. The molecule has 2 N–H and O–H groups in total. The molecule has 1 saturated heterocycles. The Hall–Kier alpha value is -2.14. The van der Waals surface area contributed by atoms with E-state index in [4.69, 9.17) is 11.6 Å². The number of amides is 1. The third kappa shape index (κ3) is 2.56. The Morgan fingerprint density at radius 3 is 3.05 bits per heavy atom. The zero-order chi connectivity index (χ0) is 14.8. The zero-order valence-corrected chi connectivity index (χ0v) is 12.3. The molecule has 3 rings (SSSR count). The van der Waals surface area contributed by atoms with Gasteiger partial charge in [-0.15, -0.1) is 0 Å². The minimum absolute atomic E-state index is 0.126. The van der Waals surface area contributed by atoms with Crippen LogP contribution in [-0.2, 0) is 4.79 Å². The molecule has 5 nitrogen and oxygen atoms in total. The van der Waals surface area contributed by atoms with Gasteiger partial charge in [-0.05, 0) is 24.6 Å². The molecule has 1 fully saturated rings. The molecule has 0 radical (unpaired) electrons. The molecule has 1 aromatic heterocycles. The molecule has 2 aromatic rings. The highest BCUT2D eigenvalue weighted by Gasteiger charge is 2.31. The van der Waals surface area contributed by atoms with E-state index in [2.05, 4.69) is 20.6 Å². The average molecular weight is 303 g/mol. The van der Waals surface area contributed by atoms with Crippen LogP contribution in [0.1, 0.15) is 24.9 Å². The van der Waals surface area contributed by atoms with Crippen molar-refractivity contribution in [1.82, 2.24) is 15.6 Å². The van der Waals surface area contributed by atoms with E-state index in [1.807, 2.05) is 25.1 Å². The lowest BCUT2D eigenvalue weighted by Gasteiger charge is -2.11. The van der Waals surface area contributed by atoms with Crippen LogP contribution in [0.15, 0.2) is 35.5 Å². The predicted molar refractivity (Wildman–Crippen MR) is 83.4 cm³/mol. The van der Waals surface area contributed by atoms with Gasteiger partial charge in [0.2, 0.25) is 0 Å². The fourth-order valence-corrected chi connectivity index (χ4v) is 2.56. The number of nitrogens with one attached hydrogen (secondary N) is 2. The molecule has 0 aliphatic carbocycles. The van der Waals surface area contributed by atoms with E-state index < -0.39 is 6.04 Å². The van der Waals surface area contributed by atoms with Gasteiger partial charge in [0.05, 0.1) is 5.52 Å². The molecule has 1 unspecified atom stereocenters. The smallest absolute Gasteiger partial charge is 0.253 e. The van der Waals surface area contributed by atoms with Crippen LogP contribution in [0.4, 0.5) is 0 Å². The molecular weight excluding hydrogens is 288 g/mol. The highest BCUT2D eigenvalue weighted by Crippen LogP contribution is 2.29. The Morgan fingerprint density at radius 2 is 2.24 bits per heavy atom. The largest absolute Gasteiger partial charge is 0.340 e. The summed E-state index contributed by atoms with van der Waals surface area (Å²) in [4.78, 5) is 20.8. The van der Waals surface area contributed by atoms with E-state index in [0.717, 1.165) is 22.9 Å². The van der Waals surface area contributed by atoms with Crippen LogP contribution in [0.2, 0.25) is 5.02 Å². The number of hydrogen-bond acceptors (Lipinski definition) is 3. The van der Waals surface area contributed by atoms with Crippen molar-refractivity contribution in [2.24, 2.45) is 4.99 Å². The van der Waals surface area contributed by atoms with E-state index in [9.17, 15) is 4.79 Å². The van der Waals surface area contributed by atoms with Gasteiger partial charge in [0.1, 0.15) is 6.04 Å². The number of benzene rings is 1. The molecule has 0 bridgehead atoms. The SMILES string of the molecule is CCCN=C1NC(=O)C(c2ccc(Cl)c3cccnc23)N1. The number of pyridine rings is 1. The van der Waals surface area contributed by atoms with Gasteiger partial charge in [0.15, 0.2) is 5.96 Å². The van der Waals surface area contributed by atoms with E-state index in [1.165, 1.54) is 0 Å². The van der Waals surface area contributed by atoms with Crippen molar-refractivity contribution in [3.63, 3.8) is 0 Å². The average Bonchev–Trinajstić information content (AvgIpc) is 2.87. The minimum atomic E-state index is -0.490. The lowest BCUT2D eigenvalue weighted by atomic mass is 10.0. The Balaban J connectivity index is 2.02. The van der Waals surface area contributed by atoms with E-state index in [0.29, 0.717) is 17.5 Å². The lowest BCUT2D eigenvalue weighted by Crippen LogP contribution is -2.25. The van der Waals surface area contributed by atoms with Crippen molar-refractivity contribution in [3.05, 3.63) is 41.0 Å². The van der Waals surface area contributed by atoms with Gasteiger partial charge < -0.3 is 5.32 Å². The van der Waals surface area contributed by atoms with Crippen LogP contribution in [0.5, 0.6) is 0 Å². The molecule has 1 aliphatic heterocycles.